The first-order valence-electron chi connectivity index (χ1n) is 8.79. The van der Waals surface area contributed by atoms with E-state index in [1.54, 1.807) is 0 Å². The third-order valence-corrected chi connectivity index (χ3v) is 5.23. The van der Waals surface area contributed by atoms with E-state index in [1.165, 1.54) is 6.42 Å². The monoisotopic (exact) mass is 352 g/mol. The second-order valence-corrected chi connectivity index (χ2v) is 7.51. The number of nitrogens with two attached hydrogens (primary N) is 1. The molecular weight excluding hydrogens is 324 g/mol. The van der Waals surface area contributed by atoms with Crippen molar-refractivity contribution in [1.82, 2.24) is 5.32 Å². The van der Waals surface area contributed by atoms with Gasteiger partial charge in [-0.25, -0.2) is 0 Å². The molecule has 134 valence electrons. The van der Waals surface area contributed by atoms with Gasteiger partial charge < -0.3 is 15.8 Å². The molecular formula is C19H29ClN2O2. The molecule has 0 radical (unpaired) electrons. The number of rotatable bonds is 6. The predicted octanol–water partition coefficient (Wildman–Crippen LogP) is 3.13. The van der Waals surface area contributed by atoms with E-state index in [4.69, 9.17) is 10.5 Å². The fourth-order valence-electron chi connectivity index (χ4n) is 4.04. The lowest BCUT2D eigenvalue weighted by Gasteiger charge is -2.27. The highest BCUT2D eigenvalue weighted by atomic mass is 35.5. The maximum atomic E-state index is 12.5. The highest BCUT2D eigenvalue weighted by Gasteiger charge is 2.48. The molecule has 2 saturated carbocycles. The SMILES string of the molecule is CC(C)COc1cccc(CNC(=O)C2C3CCC(C3)C2N)c1.Cl. The van der Waals surface area contributed by atoms with Crippen LogP contribution in [0.3, 0.4) is 0 Å². The highest BCUT2D eigenvalue weighted by Crippen LogP contribution is 2.47. The van der Waals surface area contributed by atoms with E-state index in [2.05, 4.69) is 19.2 Å². The number of amides is 1. The molecule has 24 heavy (non-hydrogen) atoms. The first kappa shape index (κ1) is 19.1. The summed E-state index contributed by atoms with van der Waals surface area (Å²) in [7, 11) is 0. The van der Waals surface area contributed by atoms with Crippen molar-refractivity contribution in [2.45, 2.75) is 45.7 Å². The molecule has 1 amide bonds. The molecule has 5 heteroatoms. The Balaban J connectivity index is 0.00000208. The van der Waals surface area contributed by atoms with Gasteiger partial charge in [-0.2, -0.15) is 0 Å². The third kappa shape index (κ3) is 4.22. The van der Waals surface area contributed by atoms with Gasteiger partial charge in [0.05, 0.1) is 12.5 Å². The molecule has 2 bridgehead atoms. The predicted molar refractivity (Wildman–Crippen MR) is 98.2 cm³/mol. The zero-order chi connectivity index (χ0) is 16.4. The number of carbonyl (C=O) groups is 1. The lowest BCUT2D eigenvalue weighted by molar-refractivity contribution is -0.127. The molecule has 0 spiro atoms. The van der Waals surface area contributed by atoms with E-state index in [9.17, 15) is 4.79 Å². The van der Waals surface area contributed by atoms with Gasteiger partial charge in [-0.3, -0.25) is 4.79 Å². The van der Waals surface area contributed by atoms with E-state index in [1.807, 2.05) is 24.3 Å². The number of ether oxygens (including phenoxy) is 1. The molecule has 0 aliphatic heterocycles. The molecule has 0 aromatic heterocycles. The smallest absolute Gasteiger partial charge is 0.225 e. The van der Waals surface area contributed by atoms with Crippen molar-refractivity contribution in [2.24, 2.45) is 29.4 Å². The van der Waals surface area contributed by atoms with Gasteiger partial charge in [0, 0.05) is 12.6 Å². The van der Waals surface area contributed by atoms with E-state index in [0.717, 1.165) is 24.2 Å². The van der Waals surface area contributed by atoms with Crippen molar-refractivity contribution < 1.29 is 9.53 Å². The number of benzene rings is 1. The van der Waals surface area contributed by atoms with Gasteiger partial charge in [0.25, 0.3) is 0 Å². The summed E-state index contributed by atoms with van der Waals surface area (Å²) < 4.78 is 5.74. The molecule has 1 aromatic carbocycles. The molecule has 3 N–H and O–H groups in total. The van der Waals surface area contributed by atoms with E-state index in [-0.39, 0.29) is 30.3 Å². The summed E-state index contributed by atoms with van der Waals surface area (Å²) in [5.74, 6) is 2.55. The summed E-state index contributed by atoms with van der Waals surface area (Å²) in [5.41, 5.74) is 7.31. The lowest BCUT2D eigenvalue weighted by atomic mass is 9.84. The quantitative estimate of drug-likeness (QED) is 0.826. The van der Waals surface area contributed by atoms with Crippen LogP contribution in [-0.4, -0.2) is 18.6 Å². The number of nitrogens with one attached hydrogen (secondary N) is 1. The number of hydrogen-bond donors (Lipinski definition) is 2. The molecule has 0 saturated heterocycles. The summed E-state index contributed by atoms with van der Waals surface area (Å²) in [6.45, 7) is 5.50. The van der Waals surface area contributed by atoms with Crippen LogP contribution in [0.5, 0.6) is 5.75 Å². The number of fused-ring (bicyclic) bond motifs is 2. The van der Waals surface area contributed by atoms with Gasteiger partial charge in [-0.1, -0.05) is 26.0 Å². The maximum Gasteiger partial charge on any atom is 0.225 e. The first-order valence-corrected chi connectivity index (χ1v) is 8.79. The van der Waals surface area contributed by atoms with Gasteiger partial charge in [0.2, 0.25) is 5.91 Å². The second-order valence-electron chi connectivity index (χ2n) is 7.51. The molecule has 1 aromatic rings. The van der Waals surface area contributed by atoms with E-state index in [0.29, 0.717) is 30.9 Å². The summed E-state index contributed by atoms with van der Waals surface area (Å²) >= 11 is 0. The van der Waals surface area contributed by atoms with Crippen LogP contribution in [0.25, 0.3) is 0 Å². The van der Waals surface area contributed by atoms with Crippen LogP contribution in [-0.2, 0) is 11.3 Å². The summed E-state index contributed by atoms with van der Waals surface area (Å²) in [6, 6.07) is 8.00. The Kier molecular flexibility index (Phi) is 6.53. The summed E-state index contributed by atoms with van der Waals surface area (Å²) in [4.78, 5) is 12.5. The first-order chi connectivity index (χ1) is 11.0. The van der Waals surface area contributed by atoms with Crippen molar-refractivity contribution in [3.63, 3.8) is 0 Å². The Labute approximate surface area is 150 Å². The third-order valence-electron chi connectivity index (χ3n) is 5.23. The van der Waals surface area contributed by atoms with Crippen molar-refractivity contribution in [3.8, 4) is 5.75 Å². The number of hydrogen-bond acceptors (Lipinski definition) is 3. The maximum absolute atomic E-state index is 12.5. The van der Waals surface area contributed by atoms with Crippen LogP contribution in [0.1, 0.15) is 38.7 Å². The van der Waals surface area contributed by atoms with Crippen molar-refractivity contribution in [1.29, 1.82) is 0 Å². The standard InChI is InChI=1S/C19H28N2O2.ClH/c1-12(2)11-23-16-5-3-4-13(8-16)10-21-19(22)17-14-6-7-15(9-14)18(17)20;/h3-5,8,12,14-15,17-18H,6-7,9-11,20H2,1-2H3,(H,21,22);1H. The van der Waals surface area contributed by atoms with Gasteiger partial charge in [-0.05, 0) is 54.7 Å². The number of halogens is 1. The molecule has 2 fully saturated rings. The Hall–Kier alpha value is -1.26. The zero-order valence-corrected chi connectivity index (χ0v) is 15.4. The Morgan fingerprint density at radius 2 is 2.08 bits per heavy atom. The average Bonchev–Trinajstić information content (AvgIpc) is 3.12. The van der Waals surface area contributed by atoms with Crippen molar-refractivity contribution in [2.75, 3.05) is 6.61 Å². The Bertz CT molecular complexity index is 562. The number of carbonyl (C=O) groups excluding carboxylic acids is 1. The van der Waals surface area contributed by atoms with Crippen molar-refractivity contribution in [3.05, 3.63) is 29.8 Å². The van der Waals surface area contributed by atoms with E-state index < -0.39 is 0 Å². The van der Waals surface area contributed by atoms with Crippen LogP contribution in [0, 0.1) is 23.7 Å². The normalized spacial score (nSPS) is 27.8. The highest BCUT2D eigenvalue weighted by molar-refractivity contribution is 5.85. The molecule has 4 atom stereocenters. The van der Waals surface area contributed by atoms with Crippen LogP contribution in [0.4, 0.5) is 0 Å². The van der Waals surface area contributed by atoms with Crippen molar-refractivity contribution >= 4 is 18.3 Å². The Morgan fingerprint density at radius 1 is 1.33 bits per heavy atom. The summed E-state index contributed by atoms with van der Waals surface area (Å²) in [6.07, 6.45) is 3.50. The van der Waals surface area contributed by atoms with Crippen LogP contribution in [0.15, 0.2) is 24.3 Å². The minimum Gasteiger partial charge on any atom is -0.493 e. The van der Waals surface area contributed by atoms with Gasteiger partial charge in [0.1, 0.15) is 5.75 Å². The van der Waals surface area contributed by atoms with Crippen LogP contribution in [0.2, 0.25) is 0 Å². The lowest BCUT2D eigenvalue weighted by Crippen LogP contribution is -2.45. The average molecular weight is 353 g/mol. The zero-order valence-electron chi connectivity index (χ0n) is 14.5. The van der Waals surface area contributed by atoms with Crippen LogP contribution >= 0.6 is 12.4 Å². The molecule has 4 unspecified atom stereocenters. The molecule has 4 nitrogen and oxygen atoms in total. The molecule has 2 aliphatic rings. The topological polar surface area (TPSA) is 64.3 Å². The van der Waals surface area contributed by atoms with E-state index >= 15 is 0 Å². The minimum absolute atomic E-state index is 0. The molecule has 3 rings (SSSR count). The fourth-order valence-corrected chi connectivity index (χ4v) is 4.04. The summed E-state index contributed by atoms with van der Waals surface area (Å²) in [5, 5.41) is 3.07. The largest absolute Gasteiger partial charge is 0.493 e. The fraction of sp³-hybridized carbons (Fsp3) is 0.632. The second kappa shape index (κ2) is 8.21. The van der Waals surface area contributed by atoms with Gasteiger partial charge in [-0.15, -0.1) is 12.4 Å². The Morgan fingerprint density at radius 3 is 2.75 bits per heavy atom. The van der Waals surface area contributed by atoms with Gasteiger partial charge in [0.15, 0.2) is 0 Å². The molecule has 0 heterocycles. The van der Waals surface area contributed by atoms with Gasteiger partial charge >= 0.3 is 0 Å². The van der Waals surface area contributed by atoms with Crippen LogP contribution < -0.4 is 15.8 Å². The molecule has 2 aliphatic carbocycles. The minimum atomic E-state index is 0.